The van der Waals surface area contributed by atoms with Gasteiger partial charge in [-0.15, -0.1) is 0 Å². The SMILES string of the molecule is CC1(C)CC2(C=C(C#N)C1=O)CN(C(=O)C1CCCC1)C2. The maximum absolute atomic E-state index is 12.4. The molecule has 2 fully saturated rings. The number of carbonyl (C=O) groups is 2. The molecule has 1 saturated carbocycles. The molecule has 3 rings (SSSR count). The third-order valence-corrected chi connectivity index (χ3v) is 5.25. The molecule has 1 amide bonds. The lowest BCUT2D eigenvalue weighted by molar-refractivity contribution is -0.148. The molecule has 0 radical (unpaired) electrons. The lowest BCUT2D eigenvalue weighted by Gasteiger charge is -2.53. The van der Waals surface area contributed by atoms with Gasteiger partial charge in [0, 0.05) is 29.8 Å². The Morgan fingerprint density at radius 2 is 1.95 bits per heavy atom. The maximum Gasteiger partial charge on any atom is 0.225 e. The Bertz CT molecular complexity index is 556. The van der Waals surface area contributed by atoms with Crippen LogP contribution in [-0.4, -0.2) is 29.7 Å². The zero-order valence-electron chi connectivity index (χ0n) is 12.8. The van der Waals surface area contributed by atoms with Crippen molar-refractivity contribution in [3.63, 3.8) is 0 Å². The van der Waals surface area contributed by atoms with Gasteiger partial charge < -0.3 is 4.90 Å². The molecule has 0 N–H and O–H groups in total. The van der Waals surface area contributed by atoms with Gasteiger partial charge in [0.1, 0.15) is 6.07 Å². The van der Waals surface area contributed by atoms with Crippen molar-refractivity contribution in [2.75, 3.05) is 13.1 Å². The molecule has 0 aromatic rings. The number of rotatable bonds is 1. The first-order chi connectivity index (χ1) is 9.87. The summed E-state index contributed by atoms with van der Waals surface area (Å²) in [6.45, 7) is 5.15. The molecule has 0 unspecified atom stereocenters. The summed E-state index contributed by atoms with van der Waals surface area (Å²) < 4.78 is 0. The van der Waals surface area contributed by atoms with Crippen molar-refractivity contribution in [2.24, 2.45) is 16.7 Å². The van der Waals surface area contributed by atoms with Crippen molar-refractivity contribution < 1.29 is 9.59 Å². The summed E-state index contributed by atoms with van der Waals surface area (Å²) in [6.07, 6.45) is 6.93. The van der Waals surface area contributed by atoms with Crippen LogP contribution >= 0.6 is 0 Å². The second-order valence-electron chi connectivity index (χ2n) is 7.60. The molecule has 112 valence electrons. The predicted molar refractivity (Wildman–Crippen MR) is 78.1 cm³/mol. The number of carbonyl (C=O) groups excluding carboxylic acids is 2. The molecule has 1 heterocycles. The average molecular weight is 286 g/mol. The third kappa shape index (κ3) is 2.29. The van der Waals surface area contributed by atoms with Gasteiger partial charge in [-0.2, -0.15) is 5.26 Å². The molecule has 4 nitrogen and oxygen atoms in total. The quantitative estimate of drug-likeness (QED) is 0.744. The van der Waals surface area contributed by atoms with Gasteiger partial charge in [0.05, 0.1) is 5.57 Å². The van der Waals surface area contributed by atoms with E-state index in [1.54, 1.807) is 0 Å². The molecule has 3 aliphatic rings. The Morgan fingerprint density at radius 3 is 2.52 bits per heavy atom. The Balaban J connectivity index is 1.74. The van der Waals surface area contributed by atoms with Gasteiger partial charge in [0.15, 0.2) is 5.78 Å². The molecule has 1 spiro atoms. The molecule has 1 aliphatic heterocycles. The molecule has 0 atom stereocenters. The zero-order valence-corrected chi connectivity index (χ0v) is 12.8. The van der Waals surface area contributed by atoms with E-state index in [1.165, 1.54) is 0 Å². The van der Waals surface area contributed by atoms with E-state index >= 15 is 0 Å². The minimum Gasteiger partial charge on any atom is -0.341 e. The van der Waals surface area contributed by atoms with E-state index in [4.69, 9.17) is 0 Å². The summed E-state index contributed by atoms with van der Waals surface area (Å²) in [5, 5.41) is 9.17. The van der Waals surface area contributed by atoms with Crippen LogP contribution < -0.4 is 0 Å². The third-order valence-electron chi connectivity index (χ3n) is 5.25. The summed E-state index contributed by atoms with van der Waals surface area (Å²) in [4.78, 5) is 26.5. The molecular formula is C17H22N2O2. The first kappa shape index (κ1) is 14.3. The molecule has 21 heavy (non-hydrogen) atoms. The van der Waals surface area contributed by atoms with Crippen LogP contribution in [0.4, 0.5) is 0 Å². The summed E-state index contributed by atoms with van der Waals surface area (Å²) in [6, 6.07) is 2.04. The first-order valence-corrected chi connectivity index (χ1v) is 7.83. The fraction of sp³-hybridized carbons (Fsp3) is 0.706. The first-order valence-electron chi connectivity index (χ1n) is 7.83. The molecule has 0 aromatic carbocycles. The van der Waals surface area contributed by atoms with Crippen LogP contribution in [0.1, 0.15) is 46.0 Å². The zero-order chi connectivity index (χ0) is 15.3. The Kier molecular flexibility index (Phi) is 3.20. The highest BCUT2D eigenvalue weighted by molar-refractivity contribution is 6.03. The molecule has 4 heteroatoms. The molecule has 1 saturated heterocycles. The molecule has 0 bridgehead atoms. The van der Waals surface area contributed by atoms with Gasteiger partial charge in [-0.3, -0.25) is 9.59 Å². The fourth-order valence-corrected chi connectivity index (χ4v) is 4.33. The van der Waals surface area contributed by atoms with E-state index in [0.717, 1.165) is 32.1 Å². The van der Waals surface area contributed by atoms with Crippen LogP contribution in [0, 0.1) is 28.1 Å². The van der Waals surface area contributed by atoms with Crippen molar-refractivity contribution in [3.8, 4) is 6.07 Å². The topological polar surface area (TPSA) is 61.2 Å². The highest BCUT2D eigenvalue weighted by atomic mass is 16.2. The largest absolute Gasteiger partial charge is 0.341 e. The number of amides is 1. The Hall–Kier alpha value is -1.63. The number of ketones is 1. The highest BCUT2D eigenvalue weighted by Gasteiger charge is 2.52. The van der Waals surface area contributed by atoms with Crippen LogP contribution in [0.5, 0.6) is 0 Å². The van der Waals surface area contributed by atoms with Crippen molar-refractivity contribution in [3.05, 3.63) is 11.6 Å². The van der Waals surface area contributed by atoms with Gasteiger partial charge in [-0.1, -0.05) is 32.8 Å². The van der Waals surface area contributed by atoms with E-state index in [9.17, 15) is 14.9 Å². The number of Topliss-reactive ketones (excluding diaryl/α,β-unsaturated/α-hetero) is 1. The number of likely N-dealkylation sites (tertiary alicyclic amines) is 1. The van der Waals surface area contributed by atoms with Crippen molar-refractivity contribution >= 4 is 11.7 Å². The number of hydrogen-bond donors (Lipinski definition) is 0. The number of nitriles is 1. The standard InChI is InChI=1S/C17H22N2O2/c1-16(2)9-17(7-13(8-18)14(16)20)10-19(11-17)15(21)12-5-3-4-6-12/h7,12H,3-6,9-11H2,1-2H3. The van der Waals surface area contributed by atoms with Crippen molar-refractivity contribution in [1.29, 1.82) is 5.26 Å². The molecule has 2 aliphatic carbocycles. The van der Waals surface area contributed by atoms with Crippen LogP contribution in [0.3, 0.4) is 0 Å². The van der Waals surface area contributed by atoms with Crippen LogP contribution in [-0.2, 0) is 9.59 Å². The van der Waals surface area contributed by atoms with Gasteiger partial charge in [-0.25, -0.2) is 0 Å². The predicted octanol–water partition coefficient (Wildman–Crippen LogP) is 2.45. The maximum atomic E-state index is 12.4. The smallest absolute Gasteiger partial charge is 0.225 e. The minimum atomic E-state index is -0.498. The minimum absolute atomic E-state index is 0.0591. The monoisotopic (exact) mass is 286 g/mol. The van der Waals surface area contributed by atoms with Gasteiger partial charge in [0.25, 0.3) is 0 Å². The number of allylic oxidation sites excluding steroid dienone is 1. The van der Waals surface area contributed by atoms with Crippen LogP contribution in [0.25, 0.3) is 0 Å². The summed E-state index contributed by atoms with van der Waals surface area (Å²) >= 11 is 0. The number of hydrogen-bond acceptors (Lipinski definition) is 3. The lowest BCUT2D eigenvalue weighted by Crippen LogP contribution is -2.61. The second-order valence-corrected chi connectivity index (χ2v) is 7.60. The Morgan fingerprint density at radius 1 is 1.33 bits per heavy atom. The normalized spacial score (nSPS) is 27.2. The average Bonchev–Trinajstić information content (AvgIpc) is 2.92. The van der Waals surface area contributed by atoms with Crippen molar-refractivity contribution in [2.45, 2.75) is 46.0 Å². The number of nitrogens with zero attached hydrogens (tertiary/aromatic N) is 2. The van der Waals surface area contributed by atoms with Gasteiger partial charge >= 0.3 is 0 Å². The van der Waals surface area contributed by atoms with E-state index in [-0.39, 0.29) is 28.6 Å². The highest BCUT2D eigenvalue weighted by Crippen LogP contribution is 2.48. The van der Waals surface area contributed by atoms with Gasteiger partial charge in [0.2, 0.25) is 5.91 Å². The summed E-state index contributed by atoms with van der Waals surface area (Å²) in [7, 11) is 0. The van der Waals surface area contributed by atoms with Crippen molar-refractivity contribution in [1.82, 2.24) is 4.90 Å². The van der Waals surface area contributed by atoms with E-state index < -0.39 is 5.41 Å². The van der Waals surface area contributed by atoms with E-state index in [2.05, 4.69) is 0 Å². The summed E-state index contributed by atoms with van der Waals surface area (Å²) in [5.74, 6) is 0.427. The lowest BCUT2D eigenvalue weighted by atomic mass is 9.61. The second kappa shape index (κ2) is 4.69. The van der Waals surface area contributed by atoms with Crippen LogP contribution in [0.2, 0.25) is 0 Å². The fourth-order valence-electron chi connectivity index (χ4n) is 4.33. The molecule has 0 aromatic heterocycles. The van der Waals surface area contributed by atoms with Crippen LogP contribution in [0.15, 0.2) is 11.6 Å². The summed E-state index contributed by atoms with van der Waals surface area (Å²) in [5.41, 5.74) is -0.377. The van der Waals surface area contributed by atoms with Gasteiger partial charge in [-0.05, 0) is 19.3 Å². The van der Waals surface area contributed by atoms with E-state index in [0.29, 0.717) is 13.1 Å². The van der Waals surface area contributed by atoms with E-state index in [1.807, 2.05) is 30.9 Å². The Labute approximate surface area is 125 Å². The molecular weight excluding hydrogens is 264 g/mol.